The third-order valence-corrected chi connectivity index (χ3v) is 6.90. The number of aromatic amines is 2. The summed E-state index contributed by atoms with van der Waals surface area (Å²) in [5, 5.41) is 5.57. The molecule has 0 spiro atoms. The highest BCUT2D eigenvalue weighted by Crippen LogP contribution is 2.14. The Morgan fingerprint density at radius 2 is 1.14 bits per heavy atom. The number of nitrogens with one attached hydrogen (secondary N) is 4. The Labute approximate surface area is 238 Å². The van der Waals surface area contributed by atoms with Crippen LogP contribution in [0.25, 0.3) is 22.1 Å². The molecule has 0 unspecified atom stereocenters. The molecule has 0 saturated carbocycles. The van der Waals surface area contributed by atoms with Crippen LogP contribution < -0.4 is 50.3 Å². The second kappa shape index (κ2) is 13.2. The molecule has 4 rings (SSSR count). The van der Waals surface area contributed by atoms with Crippen molar-refractivity contribution >= 4 is 45.6 Å². The maximum atomic E-state index is 12.9. The van der Waals surface area contributed by atoms with Crippen LogP contribution in [0, 0.1) is 0 Å². The predicted octanol–water partition coefficient (Wildman–Crippen LogP) is -1.96. The maximum absolute atomic E-state index is 12.9. The highest BCUT2D eigenvalue weighted by molar-refractivity contribution is 5.85. The molecule has 0 aliphatic heterocycles. The van der Waals surface area contributed by atoms with Gasteiger partial charge in [0.1, 0.15) is 22.4 Å². The van der Waals surface area contributed by atoms with Crippen molar-refractivity contribution in [3.8, 4) is 0 Å². The number of rotatable bonds is 14. The fourth-order valence-corrected chi connectivity index (χ4v) is 4.69. The zero-order valence-corrected chi connectivity index (χ0v) is 23.6. The van der Waals surface area contributed by atoms with Crippen LogP contribution in [-0.2, 0) is 13.1 Å². The fourth-order valence-electron chi connectivity index (χ4n) is 4.69. The third kappa shape index (κ3) is 6.39. The van der Waals surface area contributed by atoms with Gasteiger partial charge >= 0.3 is 11.4 Å². The van der Waals surface area contributed by atoms with E-state index in [1.165, 1.54) is 9.13 Å². The summed E-state index contributed by atoms with van der Waals surface area (Å²) in [6.07, 6.45) is 3.67. The van der Waals surface area contributed by atoms with Crippen molar-refractivity contribution in [3.05, 3.63) is 41.7 Å². The molecule has 4 aromatic rings. The molecule has 4 aromatic heterocycles. The second-order valence-electron chi connectivity index (χ2n) is 9.63. The highest BCUT2D eigenvalue weighted by atomic mass is 16.2. The molecule has 0 atom stereocenters. The number of anilines is 4. The normalized spacial score (nSPS) is 11.5. The summed E-state index contributed by atoms with van der Waals surface area (Å²) < 4.78 is 2.60. The molecule has 0 aliphatic carbocycles. The number of hydrogen-bond acceptors (Lipinski definition) is 14. The average Bonchev–Trinajstić information content (AvgIpc) is 2.95. The van der Waals surface area contributed by atoms with Crippen molar-refractivity contribution < 1.29 is 0 Å². The number of hydrogen-bond donors (Lipinski definition) is 7. The van der Waals surface area contributed by atoms with Crippen molar-refractivity contribution in [2.24, 2.45) is 5.73 Å². The summed E-state index contributed by atoms with van der Waals surface area (Å²) in [6.45, 7) is 2.24. The van der Waals surface area contributed by atoms with Crippen LogP contribution in [0.15, 0.2) is 19.2 Å². The standard InChI is InChI=1S/C24H36N14O4/c1-28-21-32-17-13(19(39)34-21)15(26)30-23(41)37(17)11-9-36(8-6-4-3-5-7-25)10-12-38-18-14(16(27)31-24(38)42)20(40)35-22(29-2)33-18/h3-12,25H2,1-2H3,(H2,26,30,41)(H2,27,31,42)(H2,28,32,34,39)(H2,29,33,35,40). The van der Waals surface area contributed by atoms with E-state index in [0.29, 0.717) is 26.2 Å². The average molecular weight is 585 g/mol. The number of nitrogen functional groups attached to an aromatic ring is 2. The summed E-state index contributed by atoms with van der Waals surface area (Å²) in [7, 11) is 3.17. The van der Waals surface area contributed by atoms with Gasteiger partial charge in [-0.2, -0.15) is 19.9 Å². The predicted molar refractivity (Wildman–Crippen MR) is 161 cm³/mol. The van der Waals surface area contributed by atoms with Crippen LogP contribution in [0.2, 0.25) is 0 Å². The van der Waals surface area contributed by atoms with Crippen molar-refractivity contribution in [1.29, 1.82) is 0 Å². The van der Waals surface area contributed by atoms with E-state index in [4.69, 9.17) is 17.2 Å². The molecule has 226 valence electrons. The Bertz CT molecular complexity index is 1680. The van der Waals surface area contributed by atoms with Crippen LogP contribution in [0.3, 0.4) is 0 Å². The van der Waals surface area contributed by atoms with Crippen molar-refractivity contribution in [2.75, 3.05) is 62.4 Å². The summed E-state index contributed by atoms with van der Waals surface area (Å²) in [6, 6.07) is 0. The monoisotopic (exact) mass is 584 g/mol. The molecule has 0 amide bonds. The van der Waals surface area contributed by atoms with Crippen molar-refractivity contribution in [3.63, 3.8) is 0 Å². The van der Waals surface area contributed by atoms with Crippen LogP contribution in [0.5, 0.6) is 0 Å². The Balaban J connectivity index is 1.65. The summed E-state index contributed by atoms with van der Waals surface area (Å²) in [5.41, 5.74) is 15.3. The first-order valence-corrected chi connectivity index (χ1v) is 13.6. The lowest BCUT2D eigenvalue weighted by atomic mass is 10.2. The smallest absolute Gasteiger partial charge is 0.351 e. The van der Waals surface area contributed by atoms with Crippen molar-refractivity contribution in [2.45, 2.75) is 38.8 Å². The second-order valence-corrected chi connectivity index (χ2v) is 9.63. The van der Waals surface area contributed by atoms with E-state index in [2.05, 4.69) is 45.4 Å². The lowest BCUT2D eigenvalue weighted by Crippen LogP contribution is -2.38. The molecule has 0 aliphatic rings. The maximum Gasteiger partial charge on any atom is 0.351 e. The van der Waals surface area contributed by atoms with Crippen LogP contribution in [0.1, 0.15) is 25.7 Å². The zero-order chi connectivity index (χ0) is 30.4. The van der Waals surface area contributed by atoms with Crippen LogP contribution in [-0.4, -0.2) is 84.2 Å². The minimum Gasteiger partial charge on any atom is -0.383 e. The number of H-pyrrole nitrogens is 2. The van der Waals surface area contributed by atoms with Gasteiger partial charge in [0.2, 0.25) is 11.9 Å². The number of nitrogens with two attached hydrogens (primary N) is 3. The molecule has 0 fully saturated rings. The zero-order valence-electron chi connectivity index (χ0n) is 23.6. The van der Waals surface area contributed by atoms with Gasteiger partial charge in [-0.05, 0) is 25.9 Å². The highest BCUT2D eigenvalue weighted by Gasteiger charge is 2.18. The number of nitrogens with zero attached hydrogens (tertiary/aromatic N) is 7. The quantitative estimate of drug-likeness (QED) is 0.0794. The van der Waals surface area contributed by atoms with E-state index in [0.717, 1.165) is 25.7 Å². The molecule has 18 nitrogen and oxygen atoms in total. The van der Waals surface area contributed by atoms with Gasteiger partial charge in [-0.15, -0.1) is 0 Å². The third-order valence-electron chi connectivity index (χ3n) is 6.90. The Hall–Kier alpha value is -4.84. The van der Waals surface area contributed by atoms with Gasteiger partial charge in [-0.25, -0.2) is 9.59 Å². The Morgan fingerprint density at radius 1 is 0.690 bits per heavy atom. The summed E-state index contributed by atoms with van der Waals surface area (Å²) in [5.74, 6) is -0.0584. The topological polar surface area (TPSA) is 267 Å². The largest absolute Gasteiger partial charge is 0.383 e. The van der Waals surface area contributed by atoms with Crippen molar-refractivity contribution in [1.82, 2.24) is 43.9 Å². The first-order valence-electron chi connectivity index (χ1n) is 13.6. The summed E-state index contributed by atoms with van der Waals surface area (Å²) >= 11 is 0. The molecule has 42 heavy (non-hydrogen) atoms. The molecule has 18 heteroatoms. The number of aromatic nitrogens is 8. The van der Waals surface area contributed by atoms with E-state index in [9.17, 15) is 19.2 Å². The molecule has 10 N–H and O–H groups in total. The lowest BCUT2D eigenvalue weighted by molar-refractivity contribution is 0.246. The van der Waals surface area contributed by atoms with Gasteiger partial charge in [0.15, 0.2) is 11.3 Å². The van der Waals surface area contributed by atoms with Gasteiger partial charge in [-0.1, -0.05) is 12.8 Å². The van der Waals surface area contributed by atoms with Gasteiger partial charge < -0.3 is 27.8 Å². The van der Waals surface area contributed by atoms with Gasteiger partial charge in [0, 0.05) is 40.3 Å². The molecule has 4 heterocycles. The number of fused-ring (bicyclic) bond motifs is 2. The fraction of sp³-hybridized carbons (Fsp3) is 0.500. The van der Waals surface area contributed by atoms with E-state index in [1.54, 1.807) is 14.1 Å². The molecular formula is C24H36N14O4. The molecule has 0 saturated heterocycles. The van der Waals surface area contributed by atoms with E-state index < -0.39 is 22.5 Å². The lowest BCUT2D eigenvalue weighted by Gasteiger charge is -2.24. The minimum atomic E-state index is -0.643. The van der Waals surface area contributed by atoms with E-state index in [1.807, 2.05) is 0 Å². The Morgan fingerprint density at radius 3 is 1.57 bits per heavy atom. The first-order chi connectivity index (χ1) is 20.2. The van der Waals surface area contributed by atoms with Gasteiger partial charge in [0.25, 0.3) is 11.1 Å². The van der Waals surface area contributed by atoms with Gasteiger partial charge in [-0.3, -0.25) is 33.6 Å². The van der Waals surface area contributed by atoms with E-state index >= 15 is 0 Å². The molecule has 0 radical (unpaired) electrons. The molecule has 0 bridgehead atoms. The SMILES string of the molecule is CNc1nc2c(c(N)nc(=O)n2CCN(CCCCCCN)CCn2c(=O)nc(N)c3c(=O)[nH]c(NC)nc32)c(=O)[nH]1. The number of unbranched alkanes of at least 4 members (excludes halogenated alkanes) is 3. The van der Waals surface area contributed by atoms with Crippen LogP contribution >= 0.6 is 0 Å². The Kier molecular flexibility index (Phi) is 9.48. The molecule has 0 aromatic carbocycles. The van der Waals surface area contributed by atoms with Crippen LogP contribution in [0.4, 0.5) is 23.5 Å². The van der Waals surface area contributed by atoms with Gasteiger partial charge in [0.05, 0.1) is 0 Å². The molecular weight excluding hydrogens is 548 g/mol. The minimum absolute atomic E-state index is 0.0181. The first kappa shape index (κ1) is 30.1. The van der Waals surface area contributed by atoms with E-state index in [-0.39, 0.29) is 58.7 Å². The summed E-state index contributed by atoms with van der Waals surface area (Å²) in [4.78, 5) is 74.5.